The van der Waals surface area contributed by atoms with Crippen molar-refractivity contribution in [1.29, 1.82) is 0 Å². The van der Waals surface area contributed by atoms with Crippen molar-refractivity contribution in [2.75, 3.05) is 20.2 Å². The number of likely N-dealkylation sites (tertiary alicyclic amines) is 1. The van der Waals surface area contributed by atoms with Gasteiger partial charge >= 0.3 is 0 Å². The average Bonchev–Trinajstić information content (AvgIpc) is 3.23. The molecule has 4 heteroatoms. The first-order chi connectivity index (χ1) is 9.76. The van der Waals surface area contributed by atoms with Gasteiger partial charge in [-0.25, -0.2) is 0 Å². The molecule has 1 aromatic rings. The molecular formula is C16H22N2O2. The maximum atomic E-state index is 12.2. The van der Waals surface area contributed by atoms with Crippen LogP contribution in [-0.2, 0) is 11.2 Å². The molecule has 1 unspecified atom stereocenters. The Kier molecular flexibility index (Phi) is 3.92. The van der Waals surface area contributed by atoms with Gasteiger partial charge in [-0.3, -0.25) is 4.79 Å². The summed E-state index contributed by atoms with van der Waals surface area (Å²) in [7, 11) is 1.67. The standard InChI is InChI=1S/C16H22N2O2/c1-20-14-6-2-12(3-7-14)8-10-18-11-9-15(16(18)19)17-13-4-5-13/h2-3,6-7,13,15,17H,4-5,8-11H2,1H3. The lowest BCUT2D eigenvalue weighted by Crippen LogP contribution is -2.39. The Hall–Kier alpha value is -1.55. The topological polar surface area (TPSA) is 41.6 Å². The van der Waals surface area contributed by atoms with Crippen LogP contribution in [0, 0.1) is 0 Å². The fourth-order valence-corrected chi connectivity index (χ4v) is 2.71. The van der Waals surface area contributed by atoms with E-state index in [0.717, 1.165) is 31.7 Å². The zero-order valence-corrected chi connectivity index (χ0v) is 12.0. The molecule has 20 heavy (non-hydrogen) atoms. The molecule has 2 fully saturated rings. The molecule has 1 N–H and O–H groups in total. The SMILES string of the molecule is COc1ccc(CCN2CCC(NC3CC3)C2=O)cc1. The number of carbonyl (C=O) groups is 1. The number of benzene rings is 1. The molecule has 1 saturated heterocycles. The van der Waals surface area contributed by atoms with Gasteiger partial charge < -0.3 is 15.0 Å². The lowest BCUT2D eigenvalue weighted by molar-refractivity contribution is -0.129. The highest BCUT2D eigenvalue weighted by Crippen LogP contribution is 2.22. The molecule has 1 heterocycles. The van der Waals surface area contributed by atoms with Gasteiger partial charge in [-0.15, -0.1) is 0 Å². The van der Waals surface area contributed by atoms with Gasteiger partial charge in [-0.2, -0.15) is 0 Å². The van der Waals surface area contributed by atoms with Crippen molar-refractivity contribution in [1.82, 2.24) is 10.2 Å². The van der Waals surface area contributed by atoms with Crippen LogP contribution in [0.25, 0.3) is 0 Å². The minimum atomic E-state index is 0.0679. The summed E-state index contributed by atoms with van der Waals surface area (Å²) in [5.74, 6) is 1.16. The van der Waals surface area contributed by atoms with Gasteiger partial charge in [0, 0.05) is 19.1 Å². The number of methoxy groups -OCH3 is 1. The third kappa shape index (κ3) is 3.12. The van der Waals surface area contributed by atoms with E-state index in [9.17, 15) is 4.79 Å². The lowest BCUT2D eigenvalue weighted by Gasteiger charge is -2.17. The molecule has 0 aromatic heterocycles. The van der Waals surface area contributed by atoms with E-state index in [0.29, 0.717) is 6.04 Å². The summed E-state index contributed by atoms with van der Waals surface area (Å²) in [5, 5.41) is 3.44. The van der Waals surface area contributed by atoms with E-state index in [1.54, 1.807) is 7.11 Å². The maximum Gasteiger partial charge on any atom is 0.239 e. The molecule has 4 nitrogen and oxygen atoms in total. The number of ether oxygens (including phenoxy) is 1. The van der Waals surface area contributed by atoms with Crippen LogP contribution >= 0.6 is 0 Å². The Morgan fingerprint density at radius 3 is 2.65 bits per heavy atom. The highest BCUT2D eigenvalue weighted by Gasteiger charge is 2.35. The van der Waals surface area contributed by atoms with E-state index in [4.69, 9.17) is 4.74 Å². The van der Waals surface area contributed by atoms with Crippen molar-refractivity contribution in [2.45, 2.75) is 37.8 Å². The second-order valence-corrected chi connectivity index (χ2v) is 5.71. The van der Waals surface area contributed by atoms with E-state index in [-0.39, 0.29) is 11.9 Å². The van der Waals surface area contributed by atoms with Crippen LogP contribution in [0.1, 0.15) is 24.8 Å². The van der Waals surface area contributed by atoms with Crippen molar-refractivity contribution >= 4 is 5.91 Å². The molecule has 1 amide bonds. The van der Waals surface area contributed by atoms with E-state index in [1.807, 2.05) is 17.0 Å². The normalized spacial score (nSPS) is 22.4. The molecule has 1 aliphatic heterocycles. The first kappa shape index (κ1) is 13.4. The molecule has 1 aliphatic carbocycles. The lowest BCUT2D eigenvalue weighted by atomic mass is 10.1. The Labute approximate surface area is 120 Å². The monoisotopic (exact) mass is 274 g/mol. The first-order valence-corrected chi connectivity index (χ1v) is 7.44. The van der Waals surface area contributed by atoms with Crippen LogP contribution in [0.3, 0.4) is 0 Å². The Bertz CT molecular complexity index is 468. The van der Waals surface area contributed by atoms with Gasteiger partial charge in [0.25, 0.3) is 0 Å². The summed E-state index contributed by atoms with van der Waals surface area (Å²) in [6.07, 6.45) is 4.33. The number of carbonyl (C=O) groups excluding carboxylic acids is 1. The van der Waals surface area contributed by atoms with Crippen LogP contribution in [0.4, 0.5) is 0 Å². The number of hydrogen-bond acceptors (Lipinski definition) is 3. The molecule has 0 radical (unpaired) electrons. The fraction of sp³-hybridized carbons (Fsp3) is 0.562. The van der Waals surface area contributed by atoms with Crippen molar-refractivity contribution in [2.24, 2.45) is 0 Å². The summed E-state index contributed by atoms with van der Waals surface area (Å²) < 4.78 is 5.15. The quantitative estimate of drug-likeness (QED) is 0.856. The number of nitrogens with zero attached hydrogens (tertiary/aromatic N) is 1. The van der Waals surface area contributed by atoms with Crippen LogP contribution < -0.4 is 10.1 Å². The predicted octanol–water partition coefficient (Wildman–Crippen LogP) is 1.59. The zero-order valence-electron chi connectivity index (χ0n) is 12.0. The van der Waals surface area contributed by atoms with E-state index < -0.39 is 0 Å². The third-order valence-electron chi connectivity index (χ3n) is 4.14. The molecule has 1 aromatic carbocycles. The van der Waals surface area contributed by atoms with Gasteiger partial charge in [0.15, 0.2) is 0 Å². The molecule has 0 bridgehead atoms. The number of amides is 1. The summed E-state index contributed by atoms with van der Waals surface area (Å²) in [5.41, 5.74) is 1.25. The maximum absolute atomic E-state index is 12.2. The fourth-order valence-electron chi connectivity index (χ4n) is 2.71. The second kappa shape index (κ2) is 5.83. The number of rotatable bonds is 6. The van der Waals surface area contributed by atoms with Gasteiger partial charge in [-0.05, 0) is 43.4 Å². The van der Waals surface area contributed by atoms with E-state index >= 15 is 0 Å². The highest BCUT2D eigenvalue weighted by atomic mass is 16.5. The summed E-state index contributed by atoms with van der Waals surface area (Å²) in [6.45, 7) is 1.70. The van der Waals surface area contributed by atoms with Crippen LogP contribution in [-0.4, -0.2) is 43.1 Å². The van der Waals surface area contributed by atoms with Crippen molar-refractivity contribution in [3.8, 4) is 5.75 Å². The third-order valence-corrected chi connectivity index (χ3v) is 4.14. The molecule has 0 spiro atoms. The number of hydrogen-bond donors (Lipinski definition) is 1. The Morgan fingerprint density at radius 1 is 1.25 bits per heavy atom. The highest BCUT2D eigenvalue weighted by molar-refractivity contribution is 5.84. The Balaban J connectivity index is 1.49. The van der Waals surface area contributed by atoms with Crippen molar-refractivity contribution < 1.29 is 9.53 Å². The molecular weight excluding hydrogens is 252 g/mol. The molecule has 108 valence electrons. The van der Waals surface area contributed by atoms with Crippen molar-refractivity contribution in [3.63, 3.8) is 0 Å². The molecule has 1 atom stereocenters. The molecule has 2 aliphatic rings. The Morgan fingerprint density at radius 2 is 2.00 bits per heavy atom. The largest absolute Gasteiger partial charge is 0.497 e. The summed E-state index contributed by atoms with van der Waals surface area (Å²) in [4.78, 5) is 14.2. The van der Waals surface area contributed by atoms with Crippen LogP contribution in [0.15, 0.2) is 24.3 Å². The minimum Gasteiger partial charge on any atom is -0.497 e. The average molecular weight is 274 g/mol. The predicted molar refractivity (Wildman–Crippen MR) is 77.8 cm³/mol. The van der Waals surface area contributed by atoms with Gasteiger partial charge in [0.2, 0.25) is 5.91 Å². The minimum absolute atomic E-state index is 0.0679. The summed E-state index contributed by atoms with van der Waals surface area (Å²) >= 11 is 0. The van der Waals surface area contributed by atoms with Crippen LogP contribution in [0.5, 0.6) is 5.75 Å². The first-order valence-electron chi connectivity index (χ1n) is 7.44. The molecule has 1 saturated carbocycles. The van der Waals surface area contributed by atoms with Gasteiger partial charge in [-0.1, -0.05) is 12.1 Å². The smallest absolute Gasteiger partial charge is 0.239 e. The number of nitrogens with one attached hydrogen (secondary N) is 1. The van der Waals surface area contributed by atoms with Crippen LogP contribution in [0.2, 0.25) is 0 Å². The summed E-state index contributed by atoms with van der Waals surface area (Å²) in [6, 6.07) is 8.75. The van der Waals surface area contributed by atoms with Crippen molar-refractivity contribution in [3.05, 3.63) is 29.8 Å². The zero-order chi connectivity index (χ0) is 13.9. The van der Waals surface area contributed by atoms with Gasteiger partial charge in [0.05, 0.1) is 13.2 Å². The van der Waals surface area contributed by atoms with E-state index in [1.165, 1.54) is 18.4 Å². The second-order valence-electron chi connectivity index (χ2n) is 5.71. The van der Waals surface area contributed by atoms with Gasteiger partial charge in [0.1, 0.15) is 5.75 Å². The van der Waals surface area contributed by atoms with E-state index in [2.05, 4.69) is 17.4 Å². The molecule has 3 rings (SSSR count).